The summed E-state index contributed by atoms with van der Waals surface area (Å²) in [5.74, 6) is 0.846. The van der Waals surface area contributed by atoms with E-state index in [1.165, 1.54) is 0 Å². The molecule has 0 bridgehead atoms. The lowest BCUT2D eigenvalue weighted by Gasteiger charge is -2.31. The van der Waals surface area contributed by atoms with Gasteiger partial charge < -0.3 is 9.84 Å². The number of likely N-dealkylation sites (tertiary alicyclic amines) is 1. The quantitative estimate of drug-likeness (QED) is 0.872. The van der Waals surface area contributed by atoms with Crippen LogP contribution in [0.4, 0.5) is 8.78 Å². The number of aliphatic hydroxyl groups is 1. The number of piperidine rings is 1. The molecular weight excluding hydrogens is 264 g/mol. The summed E-state index contributed by atoms with van der Waals surface area (Å²) < 4.78 is 29.0. The number of benzene rings is 1. The molecule has 1 aromatic carbocycles. The van der Waals surface area contributed by atoms with Crippen LogP contribution in [0.3, 0.4) is 0 Å². The first-order chi connectivity index (χ1) is 9.67. The molecular formula is C15H21F2NO2. The van der Waals surface area contributed by atoms with E-state index in [4.69, 9.17) is 4.74 Å². The highest BCUT2D eigenvalue weighted by Crippen LogP contribution is 2.19. The average Bonchev–Trinajstić information content (AvgIpc) is 2.47. The second-order valence-corrected chi connectivity index (χ2v) is 5.27. The van der Waals surface area contributed by atoms with Gasteiger partial charge in [0.1, 0.15) is 12.4 Å². The molecule has 1 saturated heterocycles. The standard InChI is InChI=1S/C15H21F2NO2/c16-15(17)11-20-14-5-3-12(4-6-14)8-18-7-1-2-13(9-18)10-19/h3-6,13,15,19H,1-2,7-11H2. The van der Waals surface area contributed by atoms with Crippen LogP contribution >= 0.6 is 0 Å². The summed E-state index contributed by atoms with van der Waals surface area (Å²) in [6.45, 7) is 2.46. The van der Waals surface area contributed by atoms with E-state index < -0.39 is 13.0 Å². The van der Waals surface area contributed by atoms with E-state index in [9.17, 15) is 13.9 Å². The summed E-state index contributed by atoms with van der Waals surface area (Å²) in [5, 5.41) is 9.21. The average molecular weight is 285 g/mol. The Morgan fingerprint density at radius 2 is 2.05 bits per heavy atom. The van der Waals surface area contributed by atoms with Gasteiger partial charge in [0.05, 0.1) is 0 Å². The third kappa shape index (κ3) is 4.72. The molecule has 0 radical (unpaired) electrons. The van der Waals surface area contributed by atoms with E-state index in [0.717, 1.165) is 38.0 Å². The number of alkyl halides is 2. The highest BCUT2D eigenvalue weighted by atomic mass is 19.3. The van der Waals surface area contributed by atoms with Crippen molar-refractivity contribution in [1.29, 1.82) is 0 Å². The molecule has 1 aliphatic heterocycles. The summed E-state index contributed by atoms with van der Waals surface area (Å²) in [6.07, 6.45) is -0.243. The lowest BCUT2D eigenvalue weighted by atomic mass is 9.98. The predicted octanol–water partition coefficient (Wildman–Crippen LogP) is 2.53. The molecule has 0 aliphatic carbocycles. The van der Waals surface area contributed by atoms with Crippen LogP contribution in [-0.4, -0.2) is 42.7 Å². The van der Waals surface area contributed by atoms with Crippen molar-refractivity contribution in [3.05, 3.63) is 29.8 Å². The minimum Gasteiger partial charge on any atom is -0.488 e. The van der Waals surface area contributed by atoms with Gasteiger partial charge in [-0.2, -0.15) is 0 Å². The van der Waals surface area contributed by atoms with Gasteiger partial charge in [-0.15, -0.1) is 0 Å². The number of rotatable bonds is 6. The van der Waals surface area contributed by atoms with Crippen LogP contribution in [0.2, 0.25) is 0 Å². The van der Waals surface area contributed by atoms with Gasteiger partial charge in [-0.1, -0.05) is 12.1 Å². The Bertz CT molecular complexity index is 397. The van der Waals surface area contributed by atoms with Gasteiger partial charge in [0.15, 0.2) is 0 Å². The summed E-state index contributed by atoms with van der Waals surface area (Å²) in [6, 6.07) is 7.27. The maximum Gasteiger partial charge on any atom is 0.272 e. The molecule has 0 saturated carbocycles. The Hall–Kier alpha value is -1.20. The second-order valence-electron chi connectivity index (χ2n) is 5.27. The molecule has 3 nitrogen and oxygen atoms in total. The Balaban J connectivity index is 1.83. The fraction of sp³-hybridized carbons (Fsp3) is 0.600. The molecule has 112 valence electrons. The summed E-state index contributed by atoms with van der Waals surface area (Å²) in [4.78, 5) is 2.32. The summed E-state index contributed by atoms with van der Waals surface area (Å²) in [5.41, 5.74) is 1.13. The molecule has 0 amide bonds. The zero-order chi connectivity index (χ0) is 14.4. The number of hydrogen-bond acceptors (Lipinski definition) is 3. The Morgan fingerprint density at radius 1 is 1.30 bits per heavy atom. The number of aliphatic hydroxyl groups excluding tert-OH is 1. The van der Waals surface area contributed by atoms with Gasteiger partial charge in [-0.25, -0.2) is 8.78 Å². The third-order valence-electron chi connectivity index (χ3n) is 3.57. The highest BCUT2D eigenvalue weighted by Gasteiger charge is 2.19. The molecule has 1 aliphatic rings. The molecule has 1 fully saturated rings. The predicted molar refractivity (Wildman–Crippen MR) is 73.0 cm³/mol. The number of ether oxygens (including phenoxy) is 1. The SMILES string of the molecule is OCC1CCCN(Cc2ccc(OCC(F)F)cc2)C1. The lowest BCUT2D eigenvalue weighted by molar-refractivity contribution is 0.0818. The van der Waals surface area contributed by atoms with Crippen LogP contribution in [0.5, 0.6) is 5.75 Å². The normalized spacial score (nSPS) is 20.3. The van der Waals surface area contributed by atoms with Gasteiger partial charge in [0.25, 0.3) is 6.43 Å². The minimum atomic E-state index is -2.45. The van der Waals surface area contributed by atoms with E-state index in [1.807, 2.05) is 12.1 Å². The number of nitrogens with zero attached hydrogens (tertiary/aromatic N) is 1. The van der Waals surface area contributed by atoms with Gasteiger partial charge in [-0.3, -0.25) is 4.90 Å². The van der Waals surface area contributed by atoms with Crippen LogP contribution in [-0.2, 0) is 6.54 Å². The highest BCUT2D eigenvalue weighted by molar-refractivity contribution is 5.27. The fourth-order valence-corrected chi connectivity index (χ4v) is 2.55. The first-order valence-corrected chi connectivity index (χ1v) is 7.00. The summed E-state index contributed by atoms with van der Waals surface area (Å²) in [7, 11) is 0. The van der Waals surface area contributed by atoms with Gasteiger partial charge in [-0.05, 0) is 43.0 Å². The third-order valence-corrected chi connectivity index (χ3v) is 3.57. The van der Waals surface area contributed by atoms with Crippen molar-refractivity contribution in [3.8, 4) is 5.75 Å². The second kappa shape index (κ2) is 7.55. The van der Waals surface area contributed by atoms with E-state index in [1.54, 1.807) is 12.1 Å². The van der Waals surface area contributed by atoms with Gasteiger partial charge >= 0.3 is 0 Å². The van der Waals surface area contributed by atoms with Crippen molar-refractivity contribution in [3.63, 3.8) is 0 Å². The van der Waals surface area contributed by atoms with Crippen molar-refractivity contribution in [2.75, 3.05) is 26.3 Å². The van der Waals surface area contributed by atoms with Crippen LogP contribution in [0.1, 0.15) is 18.4 Å². The maximum atomic E-state index is 12.0. The van der Waals surface area contributed by atoms with Gasteiger partial charge in [0, 0.05) is 19.7 Å². The molecule has 1 atom stereocenters. The van der Waals surface area contributed by atoms with E-state index in [0.29, 0.717) is 11.7 Å². The topological polar surface area (TPSA) is 32.7 Å². The molecule has 20 heavy (non-hydrogen) atoms. The van der Waals surface area contributed by atoms with E-state index in [-0.39, 0.29) is 6.61 Å². The van der Waals surface area contributed by atoms with E-state index in [2.05, 4.69) is 4.90 Å². The Labute approximate surface area is 118 Å². The van der Waals surface area contributed by atoms with Crippen molar-refractivity contribution in [1.82, 2.24) is 4.90 Å². The van der Waals surface area contributed by atoms with Crippen LogP contribution in [0.15, 0.2) is 24.3 Å². The number of hydrogen-bond donors (Lipinski definition) is 1. The molecule has 5 heteroatoms. The zero-order valence-electron chi connectivity index (χ0n) is 11.5. The van der Waals surface area contributed by atoms with E-state index >= 15 is 0 Å². The molecule has 2 rings (SSSR count). The monoisotopic (exact) mass is 285 g/mol. The largest absolute Gasteiger partial charge is 0.488 e. The Morgan fingerprint density at radius 3 is 2.70 bits per heavy atom. The van der Waals surface area contributed by atoms with Crippen LogP contribution in [0, 0.1) is 5.92 Å². The van der Waals surface area contributed by atoms with Crippen molar-refractivity contribution in [2.45, 2.75) is 25.8 Å². The fourth-order valence-electron chi connectivity index (χ4n) is 2.55. The first kappa shape index (κ1) is 15.2. The van der Waals surface area contributed by atoms with Gasteiger partial charge in [0.2, 0.25) is 0 Å². The summed E-state index contributed by atoms with van der Waals surface area (Å²) >= 11 is 0. The molecule has 1 aromatic rings. The van der Waals surface area contributed by atoms with Crippen LogP contribution in [0.25, 0.3) is 0 Å². The number of halogens is 2. The maximum absolute atomic E-state index is 12.0. The van der Waals surface area contributed by atoms with Crippen molar-refractivity contribution in [2.24, 2.45) is 5.92 Å². The molecule has 0 aromatic heterocycles. The minimum absolute atomic E-state index is 0.247. The van der Waals surface area contributed by atoms with Crippen LogP contribution < -0.4 is 4.74 Å². The van der Waals surface area contributed by atoms with Crippen molar-refractivity contribution >= 4 is 0 Å². The molecule has 1 heterocycles. The molecule has 0 spiro atoms. The molecule has 1 N–H and O–H groups in total. The smallest absolute Gasteiger partial charge is 0.272 e. The lowest BCUT2D eigenvalue weighted by Crippen LogP contribution is -2.36. The Kier molecular flexibility index (Phi) is 5.73. The first-order valence-electron chi connectivity index (χ1n) is 7.00. The zero-order valence-corrected chi connectivity index (χ0v) is 11.5. The van der Waals surface area contributed by atoms with Crippen molar-refractivity contribution < 1.29 is 18.6 Å². The molecule has 1 unspecified atom stereocenters.